The Hall–Kier alpha value is -1.22. The van der Waals surface area contributed by atoms with Gasteiger partial charge in [-0.3, -0.25) is 9.35 Å². The topological polar surface area (TPSA) is 124 Å². The largest absolute Gasteiger partial charge is 0.387 e. The van der Waals surface area contributed by atoms with Gasteiger partial charge in [-0.2, -0.15) is 8.42 Å². The van der Waals surface area contributed by atoms with Crippen LogP contribution in [0, 0.1) is 0 Å². The van der Waals surface area contributed by atoms with E-state index in [0.29, 0.717) is 12.8 Å². The van der Waals surface area contributed by atoms with Gasteiger partial charge in [0.15, 0.2) is 0 Å². The zero-order valence-corrected chi connectivity index (χ0v) is 33.5. The normalized spacial score (nSPS) is 14.1. The SMILES string of the molecule is CCCCCCCCCCC/C=C/CC/C=C/C(O)C(CS(=O)(=O)O)NC(=O)C(O)CCCCCCCCCCCCCCCCCCCC. The van der Waals surface area contributed by atoms with Gasteiger partial charge in [0.25, 0.3) is 10.1 Å². The van der Waals surface area contributed by atoms with Crippen LogP contribution in [0.4, 0.5) is 0 Å². The number of carbonyl (C=O) groups is 1. The predicted octanol–water partition coefficient (Wildman–Crippen LogP) is 11.3. The summed E-state index contributed by atoms with van der Waals surface area (Å²) in [5.74, 6) is -1.55. The van der Waals surface area contributed by atoms with Crippen LogP contribution in [-0.4, -0.2) is 53.1 Å². The Balaban J connectivity index is 4.03. The van der Waals surface area contributed by atoms with Crippen LogP contribution >= 0.6 is 0 Å². The number of hydrogen-bond acceptors (Lipinski definition) is 5. The molecule has 0 radical (unpaired) electrons. The fourth-order valence-electron chi connectivity index (χ4n) is 6.47. The van der Waals surface area contributed by atoms with Crippen molar-refractivity contribution >= 4 is 16.0 Å². The quantitative estimate of drug-likeness (QED) is 0.0285. The van der Waals surface area contributed by atoms with Crippen LogP contribution in [0.15, 0.2) is 24.3 Å². The van der Waals surface area contributed by atoms with Crippen molar-refractivity contribution < 1.29 is 28.0 Å². The minimum atomic E-state index is -4.45. The van der Waals surface area contributed by atoms with Gasteiger partial charge in [0.1, 0.15) is 6.10 Å². The van der Waals surface area contributed by atoms with E-state index < -0.39 is 40.0 Å². The molecule has 0 aromatic carbocycles. The van der Waals surface area contributed by atoms with E-state index in [-0.39, 0.29) is 6.42 Å². The van der Waals surface area contributed by atoms with Crippen molar-refractivity contribution in [1.29, 1.82) is 0 Å². The molecule has 8 heteroatoms. The molecule has 0 aliphatic heterocycles. The first kappa shape index (κ1) is 48.8. The summed E-state index contributed by atoms with van der Waals surface area (Å²) in [6.07, 6.45) is 42.3. The summed E-state index contributed by atoms with van der Waals surface area (Å²) < 4.78 is 32.5. The molecule has 7 nitrogen and oxygen atoms in total. The first-order valence-corrected chi connectivity index (χ1v) is 22.8. The molecule has 0 aliphatic rings. The fraction of sp³-hybridized carbons (Fsp3) is 0.881. The van der Waals surface area contributed by atoms with E-state index in [2.05, 4.69) is 31.3 Å². The number of hydrogen-bond donors (Lipinski definition) is 4. The third-order valence-electron chi connectivity index (χ3n) is 9.74. The average Bonchev–Trinajstić information content (AvgIpc) is 3.08. The van der Waals surface area contributed by atoms with E-state index in [1.807, 2.05) is 0 Å². The molecule has 3 unspecified atom stereocenters. The van der Waals surface area contributed by atoms with Crippen LogP contribution in [0.25, 0.3) is 0 Å². The Morgan fingerprint density at radius 1 is 0.540 bits per heavy atom. The van der Waals surface area contributed by atoms with Crippen LogP contribution in [0.3, 0.4) is 0 Å². The minimum absolute atomic E-state index is 0.278. The van der Waals surface area contributed by atoms with E-state index in [1.165, 1.54) is 154 Å². The second-order valence-electron chi connectivity index (χ2n) is 14.8. The first-order chi connectivity index (χ1) is 24.2. The van der Waals surface area contributed by atoms with Gasteiger partial charge >= 0.3 is 0 Å². The Labute approximate surface area is 309 Å². The van der Waals surface area contributed by atoms with E-state index in [4.69, 9.17) is 0 Å². The highest BCUT2D eigenvalue weighted by molar-refractivity contribution is 7.85. The van der Waals surface area contributed by atoms with Gasteiger partial charge in [-0.05, 0) is 32.1 Å². The smallest absolute Gasteiger partial charge is 0.267 e. The molecule has 0 saturated carbocycles. The molecule has 0 aliphatic carbocycles. The number of rotatable bonds is 38. The molecule has 0 bridgehead atoms. The van der Waals surface area contributed by atoms with Crippen LogP contribution in [0.1, 0.15) is 213 Å². The number of nitrogens with one attached hydrogen (secondary N) is 1. The number of aliphatic hydroxyl groups is 2. The lowest BCUT2D eigenvalue weighted by atomic mass is 10.0. The highest BCUT2D eigenvalue weighted by atomic mass is 32.2. The van der Waals surface area contributed by atoms with Gasteiger partial charge in [0.05, 0.1) is 17.9 Å². The molecule has 0 spiro atoms. The van der Waals surface area contributed by atoms with Gasteiger partial charge < -0.3 is 15.5 Å². The molecule has 50 heavy (non-hydrogen) atoms. The van der Waals surface area contributed by atoms with Crippen molar-refractivity contribution in [2.75, 3.05) is 5.75 Å². The number of carbonyl (C=O) groups excluding carboxylic acids is 1. The molecule has 0 fully saturated rings. The summed E-state index contributed by atoms with van der Waals surface area (Å²) in [5, 5.41) is 23.4. The molecule has 3 atom stereocenters. The van der Waals surface area contributed by atoms with Crippen molar-refractivity contribution in [3.8, 4) is 0 Å². The summed E-state index contributed by atoms with van der Waals surface area (Å²) >= 11 is 0. The molecule has 0 aromatic rings. The van der Waals surface area contributed by atoms with E-state index in [1.54, 1.807) is 6.08 Å². The summed E-state index contributed by atoms with van der Waals surface area (Å²) in [5.41, 5.74) is 0. The first-order valence-electron chi connectivity index (χ1n) is 21.1. The minimum Gasteiger partial charge on any atom is -0.387 e. The van der Waals surface area contributed by atoms with Crippen molar-refractivity contribution in [3.05, 3.63) is 24.3 Å². The lowest BCUT2D eigenvalue weighted by Gasteiger charge is -2.22. The van der Waals surface area contributed by atoms with Crippen LogP contribution < -0.4 is 5.32 Å². The molecule has 0 aromatic heterocycles. The van der Waals surface area contributed by atoms with Crippen LogP contribution in [-0.2, 0) is 14.9 Å². The zero-order valence-electron chi connectivity index (χ0n) is 32.6. The number of allylic oxidation sites excluding steroid dienone is 3. The molecule has 0 heterocycles. The number of amides is 1. The highest BCUT2D eigenvalue weighted by Crippen LogP contribution is 2.16. The predicted molar refractivity (Wildman–Crippen MR) is 213 cm³/mol. The second-order valence-corrected chi connectivity index (χ2v) is 16.3. The van der Waals surface area contributed by atoms with Gasteiger partial charge in [0.2, 0.25) is 5.91 Å². The summed E-state index contributed by atoms with van der Waals surface area (Å²) in [6, 6.07) is -1.24. The summed E-state index contributed by atoms with van der Waals surface area (Å²) in [7, 11) is -4.45. The lowest BCUT2D eigenvalue weighted by molar-refractivity contribution is -0.130. The molecule has 1 amide bonds. The maximum atomic E-state index is 12.6. The van der Waals surface area contributed by atoms with Gasteiger partial charge in [0, 0.05) is 0 Å². The second kappa shape index (κ2) is 36.2. The number of aliphatic hydroxyl groups excluding tert-OH is 2. The zero-order chi connectivity index (χ0) is 37.0. The Kier molecular flexibility index (Phi) is 35.3. The van der Waals surface area contributed by atoms with E-state index in [0.717, 1.165) is 32.1 Å². The van der Waals surface area contributed by atoms with Gasteiger partial charge in [-0.1, -0.05) is 205 Å². The summed E-state index contributed by atoms with van der Waals surface area (Å²) in [6.45, 7) is 4.51. The Bertz CT molecular complexity index is 906. The van der Waals surface area contributed by atoms with Gasteiger partial charge in [-0.25, -0.2) is 0 Å². The van der Waals surface area contributed by atoms with Crippen LogP contribution in [0.5, 0.6) is 0 Å². The molecule has 0 rings (SSSR count). The molecule has 296 valence electrons. The standard InChI is InChI=1S/C42H81NO6S/c1-3-5-7-9-11-13-15-17-19-20-21-23-25-27-29-31-33-35-37-41(45)42(46)43-39(38-50(47,48)49)40(44)36-34-32-30-28-26-24-22-18-16-14-12-10-8-6-4-2/h26,28,34,36,39-41,44-45H,3-25,27,29-33,35,37-38H2,1-2H3,(H,43,46)(H,47,48,49)/b28-26+,36-34+. The third kappa shape index (κ3) is 35.2. The lowest BCUT2D eigenvalue weighted by Crippen LogP contribution is -2.50. The van der Waals surface area contributed by atoms with Crippen molar-refractivity contribution in [2.45, 2.75) is 231 Å². The van der Waals surface area contributed by atoms with Gasteiger partial charge in [-0.15, -0.1) is 0 Å². The molecule has 4 N–H and O–H groups in total. The summed E-state index contributed by atoms with van der Waals surface area (Å²) in [4.78, 5) is 12.6. The molecular formula is C42H81NO6S. The van der Waals surface area contributed by atoms with Crippen LogP contribution in [0.2, 0.25) is 0 Å². The Morgan fingerprint density at radius 2 is 0.900 bits per heavy atom. The Morgan fingerprint density at radius 3 is 1.32 bits per heavy atom. The highest BCUT2D eigenvalue weighted by Gasteiger charge is 2.27. The number of unbranched alkanes of at least 4 members (excludes halogenated alkanes) is 27. The maximum Gasteiger partial charge on any atom is 0.267 e. The molecular weight excluding hydrogens is 647 g/mol. The van der Waals surface area contributed by atoms with E-state index >= 15 is 0 Å². The fourth-order valence-corrected chi connectivity index (χ4v) is 7.21. The average molecular weight is 728 g/mol. The third-order valence-corrected chi connectivity index (χ3v) is 10.5. The maximum absolute atomic E-state index is 12.6. The molecule has 0 saturated heterocycles. The van der Waals surface area contributed by atoms with E-state index in [9.17, 15) is 28.0 Å². The van der Waals surface area contributed by atoms with Crippen molar-refractivity contribution in [2.24, 2.45) is 0 Å². The van der Waals surface area contributed by atoms with Crippen molar-refractivity contribution in [1.82, 2.24) is 5.32 Å². The van der Waals surface area contributed by atoms with Crippen molar-refractivity contribution in [3.63, 3.8) is 0 Å². The monoisotopic (exact) mass is 728 g/mol.